The third-order valence-electron chi connectivity index (χ3n) is 3.90. The van der Waals surface area contributed by atoms with Gasteiger partial charge in [0.25, 0.3) is 5.56 Å². The number of benzene rings is 1. The molecule has 118 valence electrons. The summed E-state index contributed by atoms with van der Waals surface area (Å²) < 4.78 is 0. The minimum Gasteiger partial charge on any atom is -0.322 e. The van der Waals surface area contributed by atoms with E-state index in [9.17, 15) is 4.79 Å². The molecular formula is C19H26N2O. The zero-order valence-electron chi connectivity index (χ0n) is 13.8. The highest BCUT2D eigenvalue weighted by atomic mass is 16.1. The van der Waals surface area contributed by atoms with Gasteiger partial charge in [-0.3, -0.25) is 4.79 Å². The van der Waals surface area contributed by atoms with Crippen LogP contribution in [0.3, 0.4) is 0 Å². The zero-order chi connectivity index (χ0) is 15.9. The van der Waals surface area contributed by atoms with Crippen molar-refractivity contribution < 1.29 is 0 Å². The van der Waals surface area contributed by atoms with Crippen LogP contribution in [0.25, 0.3) is 11.3 Å². The Balaban J connectivity index is 2.10. The summed E-state index contributed by atoms with van der Waals surface area (Å²) in [5.74, 6) is 0.518. The summed E-state index contributed by atoms with van der Waals surface area (Å²) in [5, 5.41) is 3.30. The molecule has 1 heterocycles. The van der Waals surface area contributed by atoms with E-state index in [0.717, 1.165) is 36.2 Å². The normalized spacial score (nSPS) is 11.1. The molecular weight excluding hydrogens is 272 g/mol. The van der Waals surface area contributed by atoms with E-state index in [0.29, 0.717) is 12.5 Å². The van der Waals surface area contributed by atoms with Crippen LogP contribution in [0.15, 0.2) is 41.2 Å². The SMILES string of the molecule is CCCCNCc1ccc(-c2ccc(C(C)C)cc2)[nH]c1=O. The molecule has 2 N–H and O–H groups in total. The van der Waals surface area contributed by atoms with Gasteiger partial charge >= 0.3 is 0 Å². The van der Waals surface area contributed by atoms with Crippen LogP contribution in [0.1, 0.15) is 50.7 Å². The molecule has 0 aliphatic carbocycles. The fourth-order valence-corrected chi connectivity index (χ4v) is 2.38. The number of pyridine rings is 1. The summed E-state index contributed by atoms with van der Waals surface area (Å²) in [5.41, 5.74) is 4.01. The predicted molar refractivity (Wildman–Crippen MR) is 93.2 cm³/mol. The van der Waals surface area contributed by atoms with Crippen molar-refractivity contribution in [2.75, 3.05) is 6.54 Å². The quantitative estimate of drug-likeness (QED) is 0.757. The molecule has 2 aromatic rings. The molecule has 0 saturated heterocycles. The van der Waals surface area contributed by atoms with E-state index in [2.05, 4.69) is 55.3 Å². The Morgan fingerprint density at radius 1 is 1.09 bits per heavy atom. The van der Waals surface area contributed by atoms with Crippen LogP contribution in [0.4, 0.5) is 0 Å². The second kappa shape index (κ2) is 7.95. The Labute approximate surface area is 132 Å². The Kier molecular flexibility index (Phi) is 5.96. The summed E-state index contributed by atoms with van der Waals surface area (Å²) in [6.45, 7) is 8.10. The number of aromatic amines is 1. The van der Waals surface area contributed by atoms with Gasteiger partial charge in [-0.15, -0.1) is 0 Å². The summed E-state index contributed by atoms with van der Waals surface area (Å²) in [6, 6.07) is 12.3. The van der Waals surface area contributed by atoms with Gasteiger partial charge < -0.3 is 10.3 Å². The largest absolute Gasteiger partial charge is 0.322 e. The third-order valence-corrected chi connectivity index (χ3v) is 3.90. The average molecular weight is 298 g/mol. The third kappa shape index (κ3) is 4.31. The van der Waals surface area contributed by atoms with E-state index in [4.69, 9.17) is 0 Å². The van der Waals surface area contributed by atoms with E-state index in [1.807, 2.05) is 12.1 Å². The lowest BCUT2D eigenvalue weighted by molar-refractivity contribution is 0.638. The molecule has 0 atom stereocenters. The van der Waals surface area contributed by atoms with Gasteiger partial charge in [0.05, 0.1) is 0 Å². The molecule has 2 rings (SSSR count). The number of nitrogens with one attached hydrogen (secondary N) is 2. The molecule has 1 aromatic heterocycles. The van der Waals surface area contributed by atoms with Crippen molar-refractivity contribution in [3.8, 4) is 11.3 Å². The van der Waals surface area contributed by atoms with Gasteiger partial charge in [0.2, 0.25) is 0 Å². The van der Waals surface area contributed by atoms with Crippen LogP contribution >= 0.6 is 0 Å². The second-order valence-corrected chi connectivity index (χ2v) is 6.03. The molecule has 0 aliphatic heterocycles. The van der Waals surface area contributed by atoms with Crippen LogP contribution in [0, 0.1) is 0 Å². The van der Waals surface area contributed by atoms with Crippen LogP contribution in [-0.2, 0) is 6.54 Å². The van der Waals surface area contributed by atoms with Crippen molar-refractivity contribution in [2.24, 2.45) is 0 Å². The minimum atomic E-state index is -0.00515. The standard InChI is InChI=1S/C19H26N2O/c1-4-5-12-20-13-17-10-11-18(21-19(17)22)16-8-6-15(7-9-16)14(2)3/h6-11,14,20H,4-5,12-13H2,1-3H3,(H,21,22). The molecule has 0 fully saturated rings. The molecule has 0 bridgehead atoms. The van der Waals surface area contributed by atoms with Crippen molar-refractivity contribution in [3.63, 3.8) is 0 Å². The van der Waals surface area contributed by atoms with Gasteiger partial charge in [0.15, 0.2) is 0 Å². The van der Waals surface area contributed by atoms with Crippen molar-refractivity contribution in [1.29, 1.82) is 0 Å². The number of aromatic nitrogens is 1. The van der Waals surface area contributed by atoms with Crippen molar-refractivity contribution in [1.82, 2.24) is 10.3 Å². The first-order valence-corrected chi connectivity index (χ1v) is 8.15. The molecule has 3 nitrogen and oxygen atoms in total. The minimum absolute atomic E-state index is 0.00515. The van der Waals surface area contributed by atoms with Gasteiger partial charge in [0, 0.05) is 17.8 Å². The highest BCUT2D eigenvalue weighted by Crippen LogP contribution is 2.20. The van der Waals surface area contributed by atoms with E-state index in [1.54, 1.807) is 0 Å². The van der Waals surface area contributed by atoms with Gasteiger partial charge in [-0.05, 0) is 36.1 Å². The number of hydrogen-bond acceptors (Lipinski definition) is 2. The number of hydrogen-bond donors (Lipinski definition) is 2. The lowest BCUT2D eigenvalue weighted by Gasteiger charge is -2.08. The summed E-state index contributed by atoms with van der Waals surface area (Å²) >= 11 is 0. The van der Waals surface area contributed by atoms with Gasteiger partial charge in [0.1, 0.15) is 0 Å². The Morgan fingerprint density at radius 3 is 2.41 bits per heavy atom. The van der Waals surface area contributed by atoms with E-state index in [-0.39, 0.29) is 5.56 Å². The molecule has 0 spiro atoms. The van der Waals surface area contributed by atoms with Crippen molar-refractivity contribution in [2.45, 2.75) is 46.1 Å². The monoisotopic (exact) mass is 298 g/mol. The van der Waals surface area contributed by atoms with Crippen LogP contribution in [0.2, 0.25) is 0 Å². The highest BCUT2D eigenvalue weighted by molar-refractivity contribution is 5.59. The van der Waals surface area contributed by atoms with Crippen LogP contribution in [-0.4, -0.2) is 11.5 Å². The Bertz CT molecular complexity index is 641. The van der Waals surface area contributed by atoms with Crippen molar-refractivity contribution in [3.05, 3.63) is 57.9 Å². The maximum Gasteiger partial charge on any atom is 0.252 e. The maximum atomic E-state index is 12.2. The summed E-state index contributed by atoms with van der Waals surface area (Å²) in [7, 11) is 0. The molecule has 0 radical (unpaired) electrons. The second-order valence-electron chi connectivity index (χ2n) is 6.03. The van der Waals surface area contributed by atoms with Crippen molar-refractivity contribution >= 4 is 0 Å². The fraction of sp³-hybridized carbons (Fsp3) is 0.421. The summed E-state index contributed by atoms with van der Waals surface area (Å²) in [6.07, 6.45) is 2.30. The first-order chi connectivity index (χ1) is 10.6. The Morgan fingerprint density at radius 2 is 1.82 bits per heavy atom. The lowest BCUT2D eigenvalue weighted by Crippen LogP contribution is -2.21. The van der Waals surface area contributed by atoms with Gasteiger partial charge in [-0.1, -0.05) is 57.5 Å². The molecule has 22 heavy (non-hydrogen) atoms. The van der Waals surface area contributed by atoms with E-state index in [1.165, 1.54) is 5.56 Å². The fourth-order valence-electron chi connectivity index (χ4n) is 2.38. The van der Waals surface area contributed by atoms with Gasteiger partial charge in [-0.25, -0.2) is 0 Å². The number of H-pyrrole nitrogens is 1. The molecule has 0 saturated carbocycles. The topological polar surface area (TPSA) is 44.9 Å². The summed E-state index contributed by atoms with van der Waals surface area (Å²) in [4.78, 5) is 15.1. The first kappa shape index (κ1) is 16.5. The molecule has 0 amide bonds. The predicted octanol–water partition coefficient (Wildman–Crippen LogP) is 4.06. The highest BCUT2D eigenvalue weighted by Gasteiger charge is 2.04. The lowest BCUT2D eigenvalue weighted by atomic mass is 10.0. The molecule has 0 unspecified atom stereocenters. The maximum absolute atomic E-state index is 12.2. The number of unbranched alkanes of at least 4 members (excludes halogenated alkanes) is 1. The smallest absolute Gasteiger partial charge is 0.252 e. The molecule has 1 aromatic carbocycles. The van der Waals surface area contributed by atoms with E-state index < -0.39 is 0 Å². The van der Waals surface area contributed by atoms with E-state index >= 15 is 0 Å². The van der Waals surface area contributed by atoms with Crippen LogP contribution in [0.5, 0.6) is 0 Å². The zero-order valence-corrected chi connectivity index (χ0v) is 13.8. The number of rotatable bonds is 7. The molecule has 0 aliphatic rings. The Hall–Kier alpha value is -1.87. The van der Waals surface area contributed by atoms with Crippen LogP contribution < -0.4 is 10.9 Å². The van der Waals surface area contributed by atoms with Gasteiger partial charge in [-0.2, -0.15) is 0 Å². The first-order valence-electron chi connectivity index (χ1n) is 8.15. The molecule has 3 heteroatoms. The average Bonchev–Trinajstić information content (AvgIpc) is 2.53.